The number of rotatable bonds is 6. The van der Waals surface area contributed by atoms with Gasteiger partial charge in [0.2, 0.25) is 0 Å². The first-order valence-corrected chi connectivity index (χ1v) is 8.71. The second-order valence-corrected chi connectivity index (χ2v) is 7.00. The van der Waals surface area contributed by atoms with E-state index in [1.165, 1.54) is 19.3 Å². The number of carboxylic acid groups (broad SMARTS) is 1. The van der Waals surface area contributed by atoms with Crippen LogP contribution in [-0.2, 0) is 9.53 Å². The van der Waals surface area contributed by atoms with E-state index in [0.717, 1.165) is 25.7 Å². The molecule has 2 fully saturated rings. The minimum atomic E-state index is -1.02. The molecule has 126 valence electrons. The molecule has 2 rings (SSSR count). The zero-order chi connectivity index (χ0) is 16.1. The Balaban J connectivity index is 1.99. The van der Waals surface area contributed by atoms with Gasteiger partial charge in [0.15, 0.2) is 0 Å². The maximum Gasteiger partial charge on any atom is 0.405 e. The Kier molecular flexibility index (Phi) is 6.09. The Hall–Kier alpha value is -1.26. The molecule has 1 saturated heterocycles. The smallest absolute Gasteiger partial charge is 0.405 e. The minimum absolute atomic E-state index is 0.0838. The molecule has 1 heterocycles. The fraction of sp³-hybridized carbons (Fsp3) is 0.882. The Bertz CT molecular complexity index is 392. The van der Waals surface area contributed by atoms with Crippen LogP contribution in [0.25, 0.3) is 0 Å². The topological polar surface area (TPSA) is 75.6 Å². The third-order valence-corrected chi connectivity index (χ3v) is 5.46. The van der Waals surface area contributed by atoms with Crippen LogP contribution in [0.1, 0.15) is 65.2 Å². The number of hydrogen-bond donors (Lipinski definition) is 2. The second-order valence-electron chi connectivity index (χ2n) is 7.00. The quantitative estimate of drug-likeness (QED) is 0.735. The molecule has 4 atom stereocenters. The summed E-state index contributed by atoms with van der Waals surface area (Å²) in [7, 11) is 0. The molecule has 2 N–H and O–H groups in total. The second kappa shape index (κ2) is 7.84. The lowest BCUT2D eigenvalue weighted by atomic mass is 9.82. The number of carbonyl (C=O) groups is 2. The Morgan fingerprint density at radius 2 is 2.05 bits per heavy atom. The van der Waals surface area contributed by atoms with E-state index in [1.807, 2.05) is 0 Å². The zero-order valence-electron chi connectivity index (χ0n) is 13.7. The van der Waals surface area contributed by atoms with Crippen LogP contribution in [0.2, 0.25) is 0 Å². The molecule has 0 aromatic heterocycles. The highest BCUT2D eigenvalue weighted by Crippen LogP contribution is 2.34. The monoisotopic (exact) mass is 311 g/mol. The standard InChI is InChI=1S/C17H29NO4/c1-3-11(2)13-10-15(22-16(13)19)14(18-17(20)21)9-12-7-5-4-6-8-12/h11-15,18H,3-10H2,1-2H3,(H,20,21)/t11?,13-,14-,15-/m0/s1. The lowest BCUT2D eigenvalue weighted by molar-refractivity contribution is -0.146. The number of esters is 1. The summed E-state index contributed by atoms with van der Waals surface area (Å²) in [5.41, 5.74) is 0. The van der Waals surface area contributed by atoms with E-state index in [9.17, 15) is 9.59 Å². The van der Waals surface area contributed by atoms with Crippen molar-refractivity contribution in [1.29, 1.82) is 0 Å². The average Bonchev–Trinajstić information content (AvgIpc) is 2.88. The highest BCUT2D eigenvalue weighted by atomic mass is 16.6. The molecule has 0 aromatic rings. The van der Waals surface area contributed by atoms with Gasteiger partial charge in [0.1, 0.15) is 6.10 Å². The van der Waals surface area contributed by atoms with E-state index < -0.39 is 6.09 Å². The predicted octanol–water partition coefficient (Wildman–Crippen LogP) is 3.57. The van der Waals surface area contributed by atoms with E-state index in [4.69, 9.17) is 9.84 Å². The van der Waals surface area contributed by atoms with E-state index in [-0.39, 0.29) is 30.0 Å². The van der Waals surface area contributed by atoms with Gasteiger partial charge in [-0.1, -0.05) is 52.4 Å². The van der Waals surface area contributed by atoms with Crippen molar-refractivity contribution in [3.05, 3.63) is 0 Å². The first-order chi connectivity index (χ1) is 10.5. The van der Waals surface area contributed by atoms with Crippen LogP contribution in [0.15, 0.2) is 0 Å². The van der Waals surface area contributed by atoms with Crippen LogP contribution < -0.4 is 5.32 Å². The van der Waals surface area contributed by atoms with Gasteiger partial charge in [-0.15, -0.1) is 0 Å². The molecule has 0 radical (unpaired) electrons. The molecular formula is C17H29NO4. The summed E-state index contributed by atoms with van der Waals surface area (Å²) >= 11 is 0. The van der Waals surface area contributed by atoms with Gasteiger partial charge in [0.25, 0.3) is 0 Å². The molecule has 1 amide bonds. The number of hydrogen-bond acceptors (Lipinski definition) is 3. The van der Waals surface area contributed by atoms with Gasteiger partial charge in [-0.2, -0.15) is 0 Å². The van der Waals surface area contributed by atoms with Crippen molar-refractivity contribution in [2.75, 3.05) is 0 Å². The SMILES string of the molecule is CCC(C)[C@@H]1C[C@@H]([C@H](CC2CCCCC2)NC(=O)O)OC1=O. The van der Waals surface area contributed by atoms with Crippen molar-refractivity contribution >= 4 is 12.1 Å². The molecule has 1 saturated carbocycles. The molecule has 1 unspecified atom stereocenters. The largest absolute Gasteiger partial charge is 0.465 e. The number of carbonyl (C=O) groups excluding carboxylic acids is 1. The summed E-state index contributed by atoms with van der Waals surface area (Å²) in [6, 6.07) is -0.265. The van der Waals surface area contributed by atoms with Gasteiger partial charge >= 0.3 is 12.1 Å². The fourth-order valence-electron chi connectivity index (χ4n) is 3.87. The third kappa shape index (κ3) is 4.37. The van der Waals surface area contributed by atoms with Gasteiger partial charge in [-0.05, 0) is 24.7 Å². The van der Waals surface area contributed by atoms with E-state index in [2.05, 4.69) is 19.2 Å². The molecule has 2 aliphatic rings. The predicted molar refractivity (Wildman–Crippen MR) is 83.6 cm³/mol. The van der Waals surface area contributed by atoms with Crippen molar-refractivity contribution in [3.8, 4) is 0 Å². The zero-order valence-corrected chi connectivity index (χ0v) is 13.7. The van der Waals surface area contributed by atoms with Gasteiger partial charge in [0, 0.05) is 0 Å². The summed E-state index contributed by atoms with van der Waals surface area (Å²) < 4.78 is 5.54. The molecule has 1 aliphatic carbocycles. The molecule has 0 spiro atoms. The van der Waals surface area contributed by atoms with Gasteiger partial charge in [-0.25, -0.2) is 4.79 Å². The van der Waals surface area contributed by atoms with Crippen LogP contribution in [0.5, 0.6) is 0 Å². The average molecular weight is 311 g/mol. The summed E-state index contributed by atoms with van der Waals surface area (Å²) in [6.07, 6.45) is 7.10. The van der Waals surface area contributed by atoms with Crippen LogP contribution in [-0.4, -0.2) is 29.3 Å². The Morgan fingerprint density at radius 3 is 2.64 bits per heavy atom. The van der Waals surface area contributed by atoms with Crippen LogP contribution in [0.3, 0.4) is 0 Å². The minimum Gasteiger partial charge on any atom is -0.465 e. The highest BCUT2D eigenvalue weighted by molar-refractivity contribution is 5.75. The van der Waals surface area contributed by atoms with Crippen LogP contribution >= 0.6 is 0 Å². The number of ether oxygens (including phenoxy) is 1. The number of cyclic esters (lactones) is 1. The number of nitrogens with one attached hydrogen (secondary N) is 1. The molecule has 0 aromatic carbocycles. The van der Waals surface area contributed by atoms with Crippen molar-refractivity contribution in [2.24, 2.45) is 17.8 Å². The van der Waals surface area contributed by atoms with Gasteiger partial charge in [0.05, 0.1) is 12.0 Å². The Morgan fingerprint density at radius 1 is 1.36 bits per heavy atom. The first kappa shape index (κ1) is 17.1. The maximum absolute atomic E-state index is 12.1. The molecular weight excluding hydrogens is 282 g/mol. The van der Waals surface area contributed by atoms with Crippen molar-refractivity contribution in [1.82, 2.24) is 5.32 Å². The van der Waals surface area contributed by atoms with Gasteiger partial charge in [-0.3, -0.25) is 4.79 Å². The summed E-state index contributed by atoms with van der Waals surface area (Å²) in [6.45, 7) is 4.13. The fourth-order valence-corrected chi connectivity index (χ4v) is 3.87. The van der Waals surface area contributed by atoms with Crippen LogP contribution in [0.4, 0.5) is 4.79 Å². The van der Waals surface area contributed by atoms with Crippen LogP contribution in [0, 0.1) is 17.8 Å². The highest BCUT2D eigenvalue weighted by Gasteiger charge is 2.42. The molecule has 5 heteroatoms. The lowest BCUT2D eigenvalue weighted by Gasteiger charge is -2.29. The normalized spacial score (nSPS) is 28.9. The van der Waals surface area contributed by atoms with Crippen molar-refractivity contribution in [3.63, 3.8) is 0 Å². The maximum atomic E-state index is 12.1. The number of amides is 1. The summed E-state index contributed by atoms with van der Waals surface area (Å²) in [4.78, 5) is 23.2. The summed E-state index contributed by atoms with van der Waals surface area (Å²) in [5, 5.41) is 11.7. The third-order valence-electron chi connectivity index (χ3n) is 5.46. The Labute approximate surface area is 132 Å². The van der Waals surface area contributed by atoms with Gasteiger partial charge < -0.3 is 15.2 Å². The first-order valence-electron chi connectivity index (χ1n) is 8.71. The summed E-state index contributed by atoms with van der Waals surface area (Å²) in [5.74, 6) is 0.601. The molecule has 5 nitrogen and oxygen atoms in total. The van der Waals surface area contributed by atoms with E-state index >= 15 is 0 Å². The molecule has 0 bridgehead atoms. The lowest BCUT2D eigenvalue weighted by Crippen LogP contribution is -2.44. The molecule has 1 aliphatic heterocycles. The van der Waals surface area contributed by atoms with E-state index in [0.29, 0.717) is 12.3 Å². The van der Waals surface area contributed by atoms with E-state index in [1.54, 1.807) is 0 Å². The van der Waals surface area contributed by atoms with Crippen molar-refractivity contribution < 1.29 is 19.4 Å². The molecule has 22 heavy (non-hydrogen) atoms. The van der Waals surface area contributed by atoms with Crippen molar-refractivity contribution in [2.45, 2.75) is 77.4 Å².